The highest BCUT2D eigenvalue weighted by Gasteiger charge is 2.29. The van der Waals surface area contributed by atoms with Crippen LogP contribution in [0.4, 0.5) is 10.5 Å². The molecule has 2 aromatic rings. The topological polar surface area (TPSA) is 82.6 Å². The lowest BCUT2D eigenvalue weighted by atomic mass is 9.99. The molecule has 1 fully saturated rings. The first-order chi connectivity index (χ1) is 14.4. The van der Waals surface area contributed by atoms with E-state index in [2.05, 4.69) is 10.3 Å². The quantitative estimate of drug-likeness (QED) is 0.811. The van der Waals surface area contributed by atoms with Crippen molar-refractivity contribution < 1.29 is 13.2 Å². The Kier molecular flexibility index (Phi) is 6.06. The van der Waals surface area contributed by atoms with Gasteiger partial charge < -0.3 is 10.2 Å². The Balaban J connectivity index is 1.56. The zero-order chi connectivity index (χ0) is 21.1. The van der Waals surface area contributed by atoms with Gasteiger partial charge in [-0.3, -0.25) is 4.98 Å². The van der Waals surface area contributed by atoms with Crippen molar-refractivity contribution in [2.75, 3.05) is 24.7 Å². The maximum atomic E-state index is 13.3. The third kappa shape index (κ3) is 4.49. The maximum absolute atomic E-state index is 13.3. The van der Waals surface area contributed by atoms with Crippen LogP contribution in [-0.2, 0) is 23.0 Å². The molecule has 0 aliphatic carbocycles. The fourth-order valence-electron chi connectivity index (χ4n) is 4.45. The van der Waals surface area contributed by atoms with Gasteiger partial charge in [0.05, 0.1) is 12.3 Å². The fraction of sp³-hybridized carbons (Fsp3) is 0.455. The number of carbonyl (C=O) groups excluding carboxylic acids is 1. The van der Waals surface area contributed by atoms with E-state index in [1.54, 1.807) is 12.4 Å². The van der Waals surface area contributed by atoms with Crippen LogP contribution in [0.3, 0.4) is 0 Å². The molecule has 2 aliphatic rings. The Bertz CT molecular complexity index is 1010. The molecule has 0 bridgehead atoms. The standard InChI is InChI=1S/C22H28N4O3S/c1-30(28,29)25-15-11-19-18(16-25)6-5-7-20(19)24-22(27)26-14-4-2-3-8-21(26)17-9-12-23-13-10-17/h5-7,9-10,12-13,21H,2-4,8,11,14-16H2,1H3,(H,24,27). The van der Waals surface area contributed by atoms with Crippen molar-refractivity contribution in [1.29, 1.82) is 0 Å². The predicted molar refractivity (Wildman–Crippen MR) is 117 cm³/mol. The summed E-state index contributed by atoms with van der Waals surface area (Å²) in [4.78, 5) is 19.4. The van der Waals surface area contributed by atoms with Gasteiger partial charge in [0.15, 0.2) is 0 Å². The van der Waals surface area contributed by atoms with Crippen molar-refractivity contribution in [2.24, 2.45) is 0 Å². The van der Waals surface area contributed by atoms with E-state index in [-0.39, 0.29) is 12.1 Å². The van der Waals surface area contributed by atoms with Gasteiger partial charge in [0.1, 0.15) is 0 Å². The zero-order valence-electron chi connectivity index (χ0n) is 17.3. The second-order valence-electron chi connectivity index (χ2n) is 8.06. The molecule has 7 nitrogen and oxygen atoms in total. The predicted octanol–water partition coefficient (Wildman–Crippen LogP) is 3.55. The van der Waals surface area contributed by atoms with Crippen LogP contribution >= 0.6 is 0 Å². The average Bonchev–Trinajstić information content (AvgIpc) is 3.00. The second-order valence-corrected chi connectivity index (χ2v) is 10.0. The van der Waals surface area contributed by atoms with Crippen LogP contribution in [0.25, 0.3) is 0 Å². The highest BCUT2D eigenvalue weighted by Crippen LogP contribution is 2.32. The summed E-state index contributed by atoms with van der Waals surface area (Å²) < 4.78 is 25.3. The monoisotopic (exact) mass is 428 g/mol. The number of anilines is 1. The molecule has 1 aromatic heterocycles. The van der Waals surface area contributed by atoms with Crippen molar-refractivity contribution in [3.63, 3.8) is 0 Å². The van der Waals surface area contributed by atoms with E-state index in [0.29, 0.717) is 19.5 Å². The van der Waals surface area contributed by atoms with E-state index in [0.717, 1.165) is 54.6 Å². The number of nitrogens with zero attached hydrogens (tertiary/aromatic N) is 3. The SMILES string of the molecule is CS(=O)(=O)N1CCc2c(cccc2NC(=O)N2CCCCCC2c2ccncc2)C1. The minimum absolute atomic E-state index is 0.0377. The summed E-state index contributed by atoms with van der Waals surface area (Å²) in [6.45, 7) is 1.50. The molecule has 0 saturated carbocycles. The molecule has 1 saturated heterocycles. The average molecular weight is 429 g/mol. The Hall–Kier alpha value is -2.45. The number of hydrogen-bond acceptors (Lipinski definition) is 4. The lowest BCUT2D eigenvalue weighted by Gasteiger charge is -2.32. The van der Waals surface area contributed by atoms with Gasteiger partial charge in [-0.05, 0) is 54.2 Å². The number of carbonyl (C=O) groups is 1. The number of likely N-dealkylation sites (tertiary alicyclic amines) is 1. The Labute approximate surface area is 178 Å². The largest absolute Gasteiger partial charge is 0.322 e. The minimum atomic E-state index is -3.23. The first-order valence-electron chi connectivity index (χ1n) is 10.5. The van der Waals surface area contributed by atoms with Gasteiger partial charge in [-0.25, -0.2) is 13.2 Å². The summed E-state index contributed by atoms with van der Waals surface area (Å²) in [6.07, 6.45) is 9.52. The van der Waals surface area contributed by atoms with Crippen LogP contribution in [0.5, 0.6) is 0 Å². The van der Waals surface area contributed by atoms with Gasteiger partial charge in [0, 0.05) is 37.7 Å². The number of hydrogen-bond donors (Lipinski definition) is 1. The van der Waals surface area contributed by atoms with Gasteiger partial charge in [-0.1, -0.05) is 25.0 Å². The molecular formula is C22H28N4O3S. The Morgan fingerprint density at radius 2 is 1.90 bits per heavy atom. The van der Waals surface area contributed by atoms with Crippen LogP contribution < -0.4 is 5.32 Å². The van der Waals surface area contributed by atoms with Crippen LogP contribution in [0.1, 0.15) is 48.4 Å². The van der Waals surface area contributed by atoms with E-state index >= 15 is 0 Å². The first kappa shape index (κ1) is 20.8. The van der Waals surface area contributed by atoms with E-state index < -0.39 is 10.0 Å². The third-order valence-electron chi connectivity index (χ3n) is 6.05. The number of rotatable bonds is 3. The number of nitrogens with one attached hydrogen (secondary N) is 1. The molecule has 2 amide bonds. The number of sulfonamides is 1. The zero-order valence-corrected chi connectivity index (χ0v) is 18.1. The molecule has 160 valence electrons. The summed E-state index contributed by atoms with van der Waals surface area (Å²) >= 11 is 0. The second kappa shape index (κ2) is 8.73. The van der Waals surface area contributed by atoms with Crippen LogP contribution in [0.2, 0.25) is 0 Å². The number of benzene rings is 1. The third-order valence-corrected chi connectivity index (χ3v) is 7.30. The van der Waals surface area contributed by atoms with E-state index in [9.17, 15) is 13.2 Å². The summed E-state index contributed by atoms with van der Waals surface area (Å²) in [6, 6.07) is 9.64. The van der Waals surface area contributed by atoms with Gasteiger partial charge in [-0.2, -0.15) is 4.31 Å². The number of amides is 2. The molecule has 1 atom stereocenters. The maximum Gasteiger partial charge on any atom is 0.322 e. The van der Waals surface area contributed by atoms with Crippen molar-refractivity contribution in [1.82, 2.24) is 14.2 Å². The van der Waals surface area contributed by atoms with Gasteiger partial charge in [-0.15, -0.1) is 0 Å². The molecular weight excluding hydrogens is 400 g/mol. The number of fused-ring (bicyclic) bond motifs is 1. The first-order valence-corrected chi connectivity index (χ1v) is 12.3. The molecule has 2 aliphatic heterocycles. The number of urea groups is 1. The van der Waals surface area contributed by atoms with Crippen molar-refractivity contribution >= 4 is 21.7 Å². The van der Waals surface area contributed by atoms with Gasteiger partial charge in [0.25, 0.3) is 0 Å². The Morgan fingerprint density at radius 3 is 2.67 bits per heavy atom. The molecule has 30 heavy (non-hydrogen) atoms. The van der Waals surface area contributed by atoms with E-state index in [1.807, 2.05) is 35.2 Å². The lowest BCUT2D eigenvalue weighted by molar-refractivity contribution is 0.189. The molecule has 0 spiro atoms. The Morgan fingerprint density at radius 1 is 1.10 bits per heavy atom. The minimum Gasteiger partial charge on any atom is -0.317 e. The molecule has 8 heteroatoms. The molecule has 1 N–H and O–H groups in total. The van der Waals surface area contributed by atoms with Gasteiger partial charge >= 0.3 is 6.03 Å². The lowest BCUT2D eigenvalue weighted by Crippen LogP contribution is -2.39. The summed E-state index contributed by atoms with van der Waals surface area (Å²) in [5.74, 6) is 0. The van der Waals surface area contributed by atoms with E-state index in [4.69, 9.17) is 0 Å². The van der Waals surface area contributed by atoms with Gasteiger partial charge in [0.2, 0.25) is 10.0 Å². The van der Waals surface area contributed by atoms with Crippen molar-refractivity contribution in [3.8, 4) is 0 Å². The normalized spacial score (nSPS) is 20.3. The molecule has 1 aromatic carbocycles. The molecule has 0 radical (unpaired) electrons. The number of aromatic nitrogens is 1. The smallest absolute Gasteiger partial charge is 0.317 e. The number of pyridine rings is 1. The van der Waals surface area contributed by atoms with Crippen LogP contribution in [0.15, 0.2) is 42.7 Å². The molecule has 4 rings (SSSR count). The van der Waals surface area contributed by atoms with E-state index in [1.165, 1.54) is 10.6 Å². The highest BCUT2D eigenvalue weighted by molar-refractivity contribution is 7.88. The molecule has 1 unspecified atom stereocenters. The van der Waals surface area contributed by atoms with Crippen molar-refractivity contribution in [2.45, 2.75) is 44.7 Å². The summed E-state index contributed by atoms with van der Waals surface area (Å²) in [7, 11) is -3.23. The van der Waals surface area contributed by atoms with Crippen LogP contribution in [0, 0.1) is 0 Å². The van der Waals surface area contributed by atoms with Crippen molar-refractivity contribution in [3.05, 3.63) is 59.4 Å². The summed E-state index contributed by atoms with van der Waals surface area (Å²) in [5, 5.41) is 3.12. The van der Waals surface area contributed by atoms with Crippen LogP contribution in [-0.4, -0.2) is 48.0 Å². The highest BCUT2D eigenvalue weighted by atomic mass is 32.2. The molecule has 3 heterocycles. The fourth-order valence-corrected chi connectivity index (χ4v) is 5.25. The summed E-state index contributed by atoms with van der Waals surface area (Å²) in [5.41, 5.74) is 3.87.